The highest BCUT2D eigenvalue weighted by Gasteiger charge is 2.19. The van der Waals surface area contributed by atoms with Crippen molar-refractivity contribution in [2.24, 2.45) is 0 Å². The summed E-state index contributed by atoms with van der Waals surface area (Å²) in [5.74, 6) is 1.09. The van der Waals surface area contributed by atoms with Crippen molar-refractivity contribution >= 4 is 17.5 Å². The standard InChI is InChI=1S/C20H25ClN2O4/c1-23(2)16(13-6-8-15(21)9-7-13)12-22-20(24)14-10-17(25-3)19(27-5)18(11-14)26-4/h6-11,16H,12H2,1-5H3,(H,22,24). The van der Waals surface area contributed by atoms with Gasteiger partial charge in [-0.1, -0.05) is 23.7 Å². The number of carbonyl (C=O) groups excluding carboxylic acids is 1. The second-order valence-electron chi connectivity index (χ2n) is 6.16. The average molecular weight is 393 g/mol. The number of carbonyl (C=O) groups is 1. The molecule has 1 N–H and O–H groups in total. The van der Waals surface area contributed by atoms with Crippen LogP contribution in [0.2, 0.25) is 5.02 Å². The van der Waals surface area contributed by atoms with Crippen LogP contribution in [0.3, 0.4) is 0 Å². The van der Waals surface area contributed by atoms with Gasteiger partial charge in [-0.3, -0.25) is 4.79 Å². The molecule has 0 fully saturated rings. The van der Waals surface area contributed by atoms with Crippen LogP contribution < -0.4 is 19.5 Å². The fourth-order valence-electron chi connectivity index (χ4n) is 2.79. The fourth-order valence-corrected chi connectivity index (χ4v) is 2.91. The summed E-state index contributed by atoms with van der Waals surface area (Å²) >= 11 is 5.97. The fraction of sp³-hybridized carbons (Fsp3) is 0.350. The number of hydrogen-bond acceptors (Lipinski definition) is 5. The maximum absolute atomic E-state index is 12.7. The summed E-state index contributed by atoms with van der Waals surface area (Å²) in [6.45, 7) is 0.435. The van der Waals surface area contributed by atoms with Crippen molar-refractivity contribution in [3.05, 3.63) is 52.5 Å². The zero-order chi connectivity index (χ0) is 20.0. The van der Waals surface area contributed by atoms with Crippen LogP contribution in [0.5, 0.6) is 17.2 Å². The van der Waals surface area contributed by atoms with Crippen molar-refractivity contribution in [2.75, 3.05) is 42.0 Å². The molecule has 0 radical (unpaired) electrons. The summed E-state index contributed by atoms with van der Waals surface area (Å²) in [4.78, 5) is 14.7. The van der Waals surface area contributed by atoms with Gasteiger partial charge in [0.2, 0.25) is 5.75 Å². The van der Waals surface area contributed by atoms with Crippen LogP contribution in [0.25, 0.3) is 0 Å². The van der Waals surface area contributed by atoms with Crippen molar-refractivity contribution in [1.82, 2.24) is 10.2 Å². The number of hydrogen-bond donors (Lipinski definition) is 1. The van der Waals surface area contributed by atoms with E-state index in [-0.39, 0.29) is 11.9 Å². The molecule has 1 unspecified atom stereocenters. The highest BCUT2D eigenvalue weighted by Crippen LogP contribution is 2.38. The normalized spacial score (nSPS) is 11.8. The molecule has 2 rings (SSSR count). The van der Waals surface area contributed by atoms with E-state index in [1.807, 2.05) is 43.3 Å². The molecule has 7 heteroatoms. The number of likely N-dealkylation sites (N-methyl/N-ethyl adjacent to an activating group) is 1. The van der Waals surface area contributed by atoms with E-state index in [0.29, 0.717) is 34.4 Å². The Bertz CT molecular complexity index is 753. The smallest absolute Gasteiger partial charge is 0.251 e. The number of amides is 1. The van der Waals surface area contributed by atoms with Gasteiger partial charge in [0.15, 0.2) is 11.5 Å². The van der Waals surface area contributed by atoms with Gasteiger partial charge >= 0.3 is 0 Å². The quantitative estimate of drug-likeness (QED) is 0.746. The van der Waals surface area contributed by atoms with E-state index in [1.165, 1.54) is 21.3 Å². The highest BCUT2D eigenvalue weighted by atomic mass is 35.5. The van der Waals surface area contributed by atoms with E-state index in [0.717, 1.165) is 5.56 Å². The summed E-state index contributed by atoms with van der Waals surface area (Å²) in [6, 6.07) is 10.9. The first kappa shape index (κ1) is 20.9. The number of ether oxygens (including phenoxy) is 3. The van der Waals surface area contributed by atoms with Gasteiger partial charge in [-0.25, -0.2) is 0 Å². The van der Waals surface area contributed by atoms with E-state index in [9.17, 15) is 4.79 Å². The Morgan fingerprint density at radius 2 is 1.59 bits per heavy atom. The first-order valence-corrected chi connectivity index (χ1v) is 8.79. The zero-order valence-corrected chi connectivity index (χ0v) is 17.0. The Hall–Kier alpha value is -2.44. The molecular formula is C20H25ClN2O4. The lowest BCUT2D eigenvalue weighted by Gasteiger charge is -2.25. The van der Waals surface area contributed by atoms with E-state index in [4.69, 9.17) is 25.8 Å². The molecule has 0 aromatic heterocycles. The third kappa shape index (κ3) is 5.05. The topological polar surface area (TPSA) is 60.0 Å². The maximum atomic E-state index is 12.7. The minimum Gasteiger partial charge on any atom is -0.493 e. The van der Waals surface area contributed by atoms with Gasteiger partial charge in [0.25, 0.3) is 5.91 Å². The molecule has 27 heavy (non-hydrogen) atoms. The van der Waals surface area contributed by atoms with Gasteiger partial charge in [0.1, 0.15) is 0 Å². The first-order chi connectivity index (χ1) is 12.9. The average Bonchev–Trinajstić information content (AvgIpc) is 2.67. The van der Waals surface area contributed by atoms with Crippen molar-refractivity contribution in [3.8, 4) is 17.2 Å². The van der Waals surface area contributed by atoms with E-state index >= 15 is 0 Å². The van der Waals surface area contributed by atoms with Crippen LogP contribution >= 0.6 is 11.6 Å². The number of benzene rings is 2. The predicted octanol–water partition coefficient (Wildman–Crippen LogP) is 3.40. The molecule has 0 saturated heterocycles. The molecule has 2 aromatic carbocycles. The van der Waals surface area contributed by atoms with Crippen molar-refractivity contribution in [1.29, 1.82) is 0 Å². The van der Waals surface area contributed by atoms with Crippen LogP contribution in [0.1, 0.15) is 22.0 Å². The molecule has 0 saturated carbocycles. The molecule has 146 valence electrons. The van der Waals surface area contributed by atoms with Crippen molar-refractivity contribution in [3.63, 3.8) is 0 Å². The van der Waals surface area contributed by atoms with Crippen LogP contribution in [0, 0.1) is 0 Å². The third-order valence-corrected chi connectivity index (χ3v) is 4.51. The molecule has 0 bridgehead atoms. The second kappa shape index (κ2) is 9.48. The Morgan fingerprint density at radius 1 is 1.04 bits per heavy atom. The Morgan fingerprint density at radius 3 is 2.04 bits per heavy atom. The molecule has 6 nitrogen and oxygen atoms in total. The Labute approximate surface area is 165 Å². The molecule has 1 atom stereocenters. The highest BCUT2D eigenvalue weighted by molar-refractivity contribution is 6.30. The first-order valence-electron chi connectivity index (χ1n) is 8.41. The number of methoxy groups -OCH3 is 3. The van der Waals surface area contributed by atoms with Crippen LogP contribution in [-0.4, -0.2) is 52.8 Å². The zero-order valence-electron chi connectivity index (χ0n) is 16.2. The monoisotopic (exact) mass is 392 g/mol. The second-order valence-corrected chi connectivity index (χ2v) is 6.59. The van der Waals surface area contributed by atoms with E-state index in [1.54, 1.807) is 12.1 Å². The van der Waals surface area contributed by atoms with Gasteiger partial charge in [0, 0.05) is 17.1 Å². The van der Waals surface area contributed by atoms with Gasteiger partial charge in [0.05, 0.1) is 27.4 Å². The number of rotatable bonds is 8. The number of halogens is 1. The SMILES string of the molecule is COc1cc(C(=O)NCC(c2ccc(Cl)cc2)N(C)C)cc(OC)c1OC. The summed E-state index contributed by atoms with van der Waals surface area (Å²) in [6.07, 6.45) is 0. The minimum atomic E-state index is -0.227. The molecule has 0 heterocycles. The largest absolute Gasteiger partial charge is 0.493 e. The molecular weight excluding hydrogens is 368 g/mol. The number of nitrogens with one attached hydrogen (secondary N) is 1. The summed E-state index contributed by atoms with van der Waals surface area (Å²) in [5, 5.41) is 3.65. The van der Waals surface area contributed by atoms with E-state index < -0.39 is 0 Å². The Balaban J connectivity index is 2.19. The van der Waals surface area contributed by atoms with Crippen molar-refractivity contribution in [2.45, 2.75) is 6.04 Å². The number of nitrogens with zero attached hydrogens (tertiary/aromatic N) is 1. The summed E-state index contributed by atoms with van der Waals surface area (Å²) in [5.41, 5.74) is 1.49. The molecule has 1 amide bonds. The van der Waals surface area contributed by atoms with E-state index in [2.05, 4.69) is 5.32 Å². The molecule has 2 aromatic rings. The maximum Gasteiger partial charge on any atom is 0.251 e. The van der Waals surface area contributed by atoms with Crippen LogP contribution in [0.4, 0.5) is 0 Å². The van der Waals surface area contributed by atoms with Gasteiger partial charge in [-0.05, 0) is 43.9 Å². The molecule has 0 aliphatic heterocycles. The lowest BCUT2D eigenvalue weighted by Crippen LogP contribution is -2.34. The van der Waals surface area contributed by atoms with Crippen molar-refractivity contribution < 1.29 is 19.0 Å². The van der Waals surface area contributed by atoms with Crippen LogP contribution in [0.15, 0.2) is 36.4 Å². The molecule has 0 aliphatic rings. The molecule has 0 aliphatic carbocycles. The minimum absolute atomic E-state index is 0.00764. The predicted molar refractivity (Wildman–Crippen MR) is 106 cm³/mol. The van der Waals surface area contributed by atoms with Gasteiger partial charge in [-0.2, -0.15) is 0 Å². The lowest BCUT2D eigenvalue weighted by molar-refractivity contribution is 0.0941. The molecule has 0 spiro atoms. The Kier molecular flexibility index (Phi) is 7.33. The lowest BCUT2D eigenvalue weighted by atomic mass is 10.1. The van der Waals surface area contributed by atoms with Gasteiger partial charge < -0.3 is 24.4 Å². The summed E-state index contributed by atoms with van der Waals surface area (Å²) < 4.78 is 15.9. The van der Waals surface area contributed by atoms with Crippen LogP contribution in [-0.2, 0) is 0 Å². The van der Waals surface area contributed by atoms with Gasteiger partial charge in [-0.15, -0.1) is 0 Å². The third-order valence-electron chi connectivity index (χ3n) is 4.26. The summed E-state index contributed by atoms with van der Waals surface area (Å²) in [7, 11) is 8.48.